The zero-order valence-electron chi connectivity index (χ0n) is 14.0. The van der Waals surface area contributed by atoms with Gasteiger partial charge in [-0.15, -0.1) is 0 Å². The van der Waals surface area contributed by atoms with Gasteiger partial charge in [-0.2, -0.15) is 31.4 Å². The molecule has 0 saturated heterocycles. The summed E-state index contributed by atoms with van der Waals surface area (Å²) in [4.78, 5) is 29.7. The number of carbonyl (C=O) groups is 2. The van der Waals surface area contributed by atoms with Crippen LogP contribution in [0.3, 0.4) is 0 Å². The smallest absolute Gasteiger partial charge is 0.270 e. The van der Waals surface area contributed by atoms with Crippen LogP contribution in [-0.4, -0.2) is 31.9 Å². The summed E-state index contributed by atoms with van der Waals surface area (Å²) in [7, 11) is 0. The van der Waals surface area contributed by atoms with E-state index in [-0.39, 0.29) is 28.2 Å². The highest BCUT2D eigenvalue weighted by Gasteiger charge is 2.40. The Labute approximate surface area is 157 Å². The number of fused-ring (bicyclic) bond motifs is 3. The number of alkyl halides is 6. The molecule has 2 aromatic heterocycles. The number of hydrogen-bond acceptors (Lipinski definition) is 4. The van der Waals surface area contributed by atoms with Gasteiger partial charge in [-0.1, -0.05) is 0 Å². The fourth-order valence-electron chi connectivity index (χ4n) is 3.10. The number of imide groups is 1. The molecular weight excluding hydrogens is 406 g/mol. The maximum Gasteiger partial charge on any atom is 0.416 e. The summed E-state index contributed by atoms with van der Waals surface area (Å²) in [6.07, 6.45) is -7.72. The minimum absolute atomic E-state index is 0.0230. The monoisotopic (exact) mass is 414 g/mol. The van der Waals surface area contributed by atoms with Crippen molar-refractivity contribution in [1.82, 2.24) is 20.1 Å². The molecule has 4 rings (SSSR count). The SMILES string of the molecule is O=C1c2cnc3[nH]ncc3c2C(=O)N1Cc1cc(C(F)(F)F)cc(C(F)(F)F)c1. The first-order valence-corrected chi connectivity index (χ1v) is 7.93. The highest BCUT2D eigenvalue weighted by atomic mass is 19.4. The van der Waals surface area contributed by atoms with E-state index in [2.05, 4.69) is 15.2 Å². The van der Waals surface area contributed by atoms with Crippen molar-refractivity contribution in [1.29, 1.82) is 0 Å². The second-order valence-corrected chi connectivity index (χ2v) is 6.29. The number of nitrogens with one attached hydrogen (secondary N) is 1. The summed E-state index contributed by atoms with van der Waals surface area (Å²) in [5.41, 5.74) is -3.50. The lowest BCUT2D eigenvalue weighted by Gasteiger charge is -2.18. The fraction of sp³-hybridized carbons (Fsp3) is 0.176. The van der Waals surface area contributed by atoms with Crippen molar-refractivity contribution in [3.63, 3.8) is 0 Å². The second kappa shape index (κ2) is 6.03. The van der Waals surface area contributed by atoms with Crippen LogP contribution in [-0.2, 0) is 18.9 Å². The van der Waals surface area contributed by atoms with Crippen LogP contribution >= 0.6 is 0 Å². The van der Waals surface area contributed by atoms with Crippen LogP contribution in [0.5, 0.6) is 0 Å². The number of aromatic amines is 1. The molecule has 0 bridgehead atoms. The van der Waals surface area contributed by atoms with Crippen molar-refractivity contribution >= 4 is 22.8 Å². The quantitative estimate of drug-likeness (QED) is 0.511. The molecule has 0 fully saturated rings. The summed E-state index contributed by atoms with van der Waals surface area (Å²) in [5.74, 6) is -1.73. The molecule has 6 nitrogen and oxygen atoms in total. The van der Waals surface area contributed by atoms with Gasteiger partial charge in [0.2, 0.25) is 0 Å². The molecule has 0 atom stereocenters. The lowest BCUT2D eigenvalue weighted by Crippen LogP contribution is -2.29. The zero-order chi connectivity index (χ0) is 21.1. The van der Waals surface area contributed by atoms with Gasteiger partial charge >= 0.3 is 12.4 Å². The molecule has 1 N–H and O–H groups in total. The van der Waals surface area contributed by atoms with E-state index in [1.165, 1.54) is 6.20 Å². The number of hydrogen-bond donors (Lipinski definition) is 1. The van der Waals surface area contributed by atoms with Gasteiger partial charge in [0.05, 0.1) is 40.4 Å². The highest BCUT2D eigenvalue weighted by Crippen LogP contribution is 2.37. The van der Waals surface area contributed by atoms with Crippen molar-refractivity contribution in [3.8, 4) is 0 Å². The van der Waals surface area contributed by atoms with Gasteiger partial charge in [-0.25, -0.2) is 4.98 Å². The largest absolute Gasteiger partial charge is 0.416 e. The maximum atomic E-state index is 13.0. The van der Waals surface area contributed by atoms with Crippen molar-refractivity contribution < 1.29 is 35.9 Å². The molecule has 0 saturated carbocycles. The normalized spacial score (nSPS) is 14.8. The van der Waals surface area contributed by atoms with Gasteiger partial charge in [-0.05, 0) is 23.8 Å². The van der Waals surface area contributed by atoms with E-state index in [1.54, 1.807) is 0 Å². The first-order chi connectivity index (χ1) is 13.5. The van der Waals surface area contributed by atoms with Gasteiger partial charge < -0.3 is 0 Å². The number of aromatic nitrogens is 3. The van der Waals surface area contributed by atoms with E-state index >= 15 is 0 Å². The minimum Gasteiger partial charge on any atom is -0.270 e. The Kier molecular flexibility index (Phi) is 3.93. The first-order valence-electron chi connectivity index (χ1n) is 7.93. The molecule has 3 heterocycles. The van der Waals surface area contributed by atoms with Crippen molar-refractivity contribution in [2.75, 3.05) is 0 Å². The van der Waals surface area contributed by atoms with Crippen molar-refractivity contribution in [2.45, 2.75) is 18.9 Å². The second-order valence-electron chi connectivity index (χ2n) is 6.29. The molecule has 0 unspecified atom stereocenters. The van der Waals surface area contributed by atoms with Gasteiger partial charge in [0.25, 0.3) is 11.8 Å². The van der Waals surface area contributed by atoms with Crippen LogP contribution in [0, 0.1) is 0 Å². The summed E-state index contributed by atoms with van der Waals surface area (Å²) in [6, 6.07) is 0.930. The molecule has 0 aliphatic carbocycles. The van der Waals surface area contributed by atoms with E-state index in [0.717, 1.165) is 6.20 Å². The number of H-pyrrole nitrogens is 1. The van der Waals surface area contributed by atoms with E-state index < -0.39 is 47.4 Å². The molecule has 29 heavy (non-hydrogen) atoms. The Morgan fingerprint density at radius 3 is 2.10 bits per heavy atom. The molecule has 150 valence electrons. The number of carbonyl (C=O) groups excluding carboxylic acids is 2. The third kappa shape index (κ3) is 3.09. The topological polar surface area (TPSA) is 79.0 Å². The van der Waals surface area contributed by atoms with Crippen molar-refractivity contribution in [3.05, 3.63) is 58.4 Å². The average Bonchev–Trinajstić information content (AvgIpc) is 3.19. The predicted octanol–water partition coefficient (Wildman–Crippen LogP) is 3.79. The standard InChI is InChI=1S/C17H8F6N4O2/c18-16(19,20)8-1-7(2-9(3-8)17(21,22)23)6-27-14(28)11-4-24-13-10(5-25-26-13)12(11)15(27)29/h1-5H,6H2,(H,24,25,26). The Morgan fingerprint density at radius 1 is 0.897 bits per heavy atom. The van der Waals surface area contributed by atoms with Crippen molar-refractivity contribution in [2.24, 2.45) is 0 Å². The van der Waals surface area contributed by atoms with Crippen LogP contribution in [0.1, 0.15) is 37.4 Å². The third-order valence-electron chi connectivity index (χ3n) is 4.40. The van der Waals surface area contributed by atoms with Crippen LogP contribution in [0.2, 0.25) is 0 Å². The van der Waals surface area contributed by atoms with Crippen LogP contribution in [0.25, 0.3) is 11.0 Å². The summed E-state index contributed by atoms with van der Waals surface area (Å²) >= 11 is 0. The molecule has 2 amide bonds. The lowest BCUT2D eigenvalue weighted by molar-refractivity contribution is -0.143. The van der Waals surface area contributed by atoms with E-state index in [0.29, 0.717) is 17.0 Å². The third-order valence-corrected chi connectivity index (χ3v) is 4.40. The van der Waals surface area contributed by atoms with E-state index in [1.807, 2.05) is 0 Å². The molecular formula is C17H8F6N4O2. The molecule has 0 spiro atoms. The molecule has 1 aromatic carbocycles. The van der Waals surface area contributed by atoms with E-state index in [9.17, 15) is 35.9 Å². The number of rotatable bonds is 2. The molecule has 1 aliphatic rings. The highest BCUT2D eigenvalue weighted by molar-refractivity contribution is 6.25. The number of amides is 2. The van der Waals surface area contributed by atoms with Crippen LogP contribution < -0.4 is 0 Å². The first kappa shape index (κ1) is 18.9. The summed E-state index contributed by atoms with van der Waals surface area (Å²) < 4.78 is 78.1. The summed E-state index contributed by atoms with van der Waals surface area (Å²) in [5, 5.41) is 6.43. The predicted molar refractivity (Wildman–Crippen MR) is 84.5 cm³/mol. The Hall–Kier alpha value is -3.44. The fourth-order valence-corrected chi connectivity index (χ4v) is 3.10. The minimum atomic E-state index is -5.04. The number of nitrogens with zero attached hydrogens (tertiary/aromatic N) is 3. The van der Waals surface area contributed by atoms with Gasteiger partial charge in [0.1, 0.15) is 0 Å². The Bertz CT molecular complexity index is 1130. The average molecular weight is 414 g/mol. The number of halogens is 6. The van der Waals surface area contributed by atoms with Gasteiger partial charge in [0, 0.05) is 6.20 Å². The number of pyridine rings is 1. The maximum absolute atomic E-state index is 13.0. The van der Waals surface area contributed by atoms with E-state index in [4.69, 9.17) is 0 Å². The molecule has 1 aliphatic heterocycles. The van der Waals surface area contributed by atoms with Gasteiger partial charge in [-0.3, -0.25) is 19.6 Å². The Balaban J connectivity index is 1.76. The van der Waals surface area contributed by atoms with Crippen LogP contribution in [0.15, 0.2) is 30.6 Å². The zero-order valence-corrected chi connectivity index (χ0v) is 14.0. The molecule has 3 aromatic rings. The lowest BCUT2D eigenvalue weighted by atomic mass is 10.0. The molecule has 0 radical (unpaired) electrons. The van der Waals surface area contributed by atoms with Crippen LogP contribution in [0.4, 0.5) is 26.3 Å². The Morgan fingerprint density at radius 2 is 1.52 bits per heavy atom. The van der Waals surface area contributed by atoms with Gasteiger partial charge in [0.15, 0.2) is 5.65 Å². The number of benzene rings is 1. The summed E-state index contributed by atoms with van der Waals surface area (Å²) in [6.45, 7) is -0.765. The molecule has 12 heteroatoms.